The maximum atomic E-state index is 4.91. The maximum absolute atomic E-state index is 4.91. The molecule has 6 aromatic rings. The van der Waals surface area contributed by atoms with Gasteiger partial charge in [0.1, 0.15) is 5.01 Å². The molecule has 0 atom stereocenters. The highest BCUT2D eigenvalue weighted by Gasteiger charge is 2.15. The van der Waals surface area contributed by atoms with Crippen molar-refractivity contribution in [1.29, 1.82) is 0 Å². The molecule has 3 heteroatoms. The molecule has 0 unspecified atom stereocenters. The molecule has 2 heterocycles. The van der Waals surface area contributed by atoms with Gasteiger partial charge < -0.3 is 4.57 Å². The first-order chi connectivity index (χ1) is 14.3. The van der Waals surface area contributed by atoms with E-state index in [0.717, 1.165) is 10.5 Å². The lowest BCUT2D eigenvalue weighted by Gasteiger charge is -2.03. The van der Waals surface area contributed by atoms with E-state index in [1.54, 1.807) is 11.3 Å². The van der Waals surface area contributed by atoms with Gasteiger partial charge in [-0.15, -0.1) is 11.3 Å². The summed E-state index contributed by atoms with van der Waals surface area (Å²) in [5.41, 5.74) is 7.25. The molecule has 0 amide bonds. The smallest absolute Gasteiger partial charge is 0.124 e. The molecule has 0 aliphatic rings. The zero-order chi connectivity index (χ0) is 19.4. The quantitative estimate of drug-likeness (QED) is 0.304. The first-order valence-corrected chi connectivity index (χ1v) is 10.5. The van der Waals surface area contributed by atoms with E-state index in [-0.39, 0.29) is 0 Å². The standard InChI is InChI=1S/C26H18N2S/c1-28-23-15-12-19(17-8-4-2-5-9-17)16-21(23)20-13-14-22-25(24(20)28)29-26(27-22)18-10-6-3-7-11-18/h2-16H,1H3. The summed E-state index contributed by atoms with van der Waals surface area (Å²) in [5.74, 6) is 0. The fraction of sp³-hybridized carbons (Fsp3) is 0.0385. The summed E-state index contributed by atoms with van der Waals surface area (Å²) in [6.45, 7) is 0. The molecule has 0 saturated heterocycles. The first-order valence-electron chi connectivity index (χ1n) is 9.72. The molecule has 0 saturated carbocycles. The Morgan fingerprint density at radius 1 is 0.690 bits per heavy atom. The molecule has 0 radical (unpaired) electrons. The molecule has 4 aromatic carbocycles. The summed E-state index contributed by atoms with van der Waals surface area (Å²) >= 11 is 1.78. The summed E-state index contributed by atoms with van der Waals surface area (Å²) < 4.78 is 3.57. The minimum Gasteiger partial charge on any atom is -0.342 e. The van der Waals surface area contributed by atoms with Crippen molar-refractivity contribution in [2.75, 3.05) is 0 Å². The fourth-order valence-electron chi connectivity index (χ4n) is 4.21. The summed E-state index contributed by atoms with van der Waals surface area (Å²) in [4.78, 5) is 4.91. The normalized spacial score (nSPS) is 11.6. The van der Waals surface area contributed by atoms with E-state index in [1.165, 1.54) is 43.2 Å². The van der Waals surface area contributed by atoms with Crippen LogP contribution in [0.5, 0.6) is 0 Å². The van der Waals surface area contributed by atoms with Crippen molar-refractivity contribution in [3.8, 4) is 21.7 Å². The van der Waals surface area contributed by atoms with Crippen molar-refractivity contribution in [3.05, 3.63) is 91.0 Å². The average Bonchev–Trinajstić information content (AvgIpc) is 3.34. The van der Waals surface area contributed by atoms with Crippen molar-refractivity contribution in [2.45, 2.75) is 0 Å². The molecule has 0 N–H and O–H groups in total. The van der Waals surface area contributed by atoms with Gasteiger partial charge in [0.2, 0.25) is 0 Å². The Balaban J connectivity index is 1.64. The van der Waals surface area contributed by atoms with E-state index in [0.29, 0.717) is 0 Å². The zero-order valence-electron chi connectivity index (χ0n) is 16.0. The van der Waals surface area contributed by atoms with Crippen LogP contribution < -0.4 is 0 Å². The van der Waals surface area contributed by atoms with E-state index in [2.05, 4.69) is 96.5 Å². The molecule has 2 aromatic heterocycles. The number of fused-ring (bicyclic) bond motifs is 5. The molecule has 0 fully saturated rings. The summed E-state index contributed by atoms with van der Waals surface area (Å²) in [6.07, 6.45) is 0. The second-order valence-corrected chi connectivity index (χ2v) is 8.35. The van der Waals surface area contributed by atoms with Gasteiger partial charge in [-0.05, 0) is 35.4 Å². The minimum atomic E-state index is 1.07. The Bertz CT molecular complexity index is 1450. The van der Waals surface area contributed by atoms with Crippen molar-refractivity contribution in [3.63, 3.8) is 0 Å². The lowest BCUT2D eigenvalue weighted by Crippen LogP contribution is -1.86. The van der Waals surface area contributed by atoms with Crippen LogP contribution in [0.15, 0.2) is 91.0 Å². The van der Waals surface area contributed by atoms with Gasteiger partial charge in [-0.2, -0.15) is 0 Å². The van der Waals surface area contributed by atoms with Gasteiger partial charge >= 0.3 is 0 Å². The monoisotopic (exact) mass is 390 g/mol. The van der Waals surface area contributed by atoms with Crippen LogP contribution in [0, 0.1) is 0 Å². The number of aromatic nitrogens is 2. The van der Waals surface area contributed by atoms with Gasteiger partial charge in [0.05, 0.1) is 15.7 Å². The molecule has 6 rings (SSSR count). The largest absolute Gasteiger partial charge is 0.342 e. The Kier molecular flexibility index (Phi) is 3.58. The van der Waals surface area contributed by atoms with Crippen LogP contribution in [0.2, 0.25) is 0 Å². The number of nitrogens with zero attached hydrogens (tertiary/aromatic N) is 2. The number of aryl methyl sites for hydroxylation is 1. The van der Waals surface area contributed by atoms with Gasteiger partial charge in [-0.25, -0.2) is 4.98 Å². The zero-order valence-corrected chi connectivity index (χ0v) is 16.8. The van der Waals surface area contributed by atoms with Gasteiger partial charge in [-0.1, -0.05) is 66.7 Å². The van der Waals surface area contributed by atoms with Crippen LogP contribution in [-0.2, 0) is 7.05 Å². The average molecular weight is 391 g/mol. The van der Waals surface area contributed by atoms with Gasteiger partial charge in [0.25, 0.3) is 0 Å². The van der Waals surface area contributed by atoms with E-state index >= 15 is 0 Å². The minimum absolute atomic E-state index is 1.07. The molecule has 138 valence electrons. The molecule has 2 nitrogen and oxygen atoms in total. The van der Waals surface area contributed by atoms with Crippen LogP contribution >= 0.6 is 11.3 Å². The Hall–Kier alpha value is -3.43. The molecule has 0 spiro atoms. The van der Waals surface area contributed by atoms with Crippen LogP contribution in [0.25, 0.3) is 53.7 Å². The predicted octanol–water partition coefficient (Wildman–Crippen LogP) is 7.28. The van der Waals surface area contributed by atoms with Gasteiger partial charge in [0, 0.05) is 28.9 Å². The molecule has 0 aliphatic heterocycles. The number of rotatable bonds is 2. The van der Waals surface area contributed by atoms with Gasteiger partial charge in [-0.3, -0.25) is 0 Å². The molecule has 0 bridgehead atoms. The molecular weight excluding hydrogens is 372 g/mol. The molecular formula is C26H18N2S. The summed E-state index contributed by atoms with van der Waals surface area (Å²) in [5, 5.41) is 3.65. The van der Waals surface area contributed by atoms with Crippen LogP contribution in [0.1, 0.15) is 0 Å². The molecule has 0 aliphatic carbocycles. The summed E-state index contributed by atoms with van der Waals surface area (Å²) in [6, 6.07) is 32.2. The van der Waals surface area contributed by atoms with Gasteiger partial charge in [0.15, 0.2) is 0 Å². The number of hydrogen-bond donors (Lipinski definition) is 0. The van der Waals surface area contributed by atoms with E-state index in [1.807, 2.05) is 6.07 Å². The molecule has 29 heavy (non-hydrogen) atoms. The number of hydrogen-bond acceptors (Lipinski definition) is 2. The predicted molar refractivity (Wildman–Crippen MR) is 124 cm³/mol. The maximum Gasteiger partial charge on any atom is 0.124 e. The highest BCUT2D eigenvalue weighted by atomic mass is 32.1. The second-order valence-electron chi connectivity index (χ2n) is 7.35. The van der Waals surface area contributed by atoms with Crippen LogP contribution in [-0.4, -0.2) is 9.55 Å². The third-order valence-corrected chi connectivity index (χ3v) is 6.77. The highest BCUT2D eigenvalue weighted by molar-refractivity contribution is 7.22. The Morgan fingerprint density at radius 3 is 2.17 bits per heavy atom. The van der Waals surface area contributed by atoms with Crippen molar-refractivity contribution >= 4 is 43.4 Å². The first kappa shape index (κ1) is 16.5. The lowest BCUT2D eigenvalue weighted by molar-refractivity contribution is 1.02. The SMILES string of the molecule is Cn1c2ccc(-c3ccccc3)cc2c2ccc3nc(-c4ccccc4)sc3c21. The third-order valence-electron chi connectivity index (χ3n) is 5.64. The highest BCUT2D eigenvalue weighted by Crippen LogP contribution is 2.39. The Morgan fingerprint density at radius 2 is 1.41 bits per heavy atom. The lowest BCUT2D eigenvalue weighted by atomic mass is 10.0. The number of benzene rings is 4. The topological polar surface area (TPSA) is 17.8 Å². The van der Waals surface area contributed by atoms with Crippen LogP contribution in [0.3, 0.4) is 0 Å². The Labute approximate surface area is 172 Å². The number of thiazole rings is 1. The fourth-order valence-corrected chi connectivity index (χ4v) is 5.36. The van der Waals surface area contributed by atoms with Crippen LogP contribution in [0.4, 0.5) is 0 Å². The van der Waals surface area contributed by atoms with E-state index < -0.39 is 0 Å². The van der Waals surface area contributed by atoms with Crippen molar-refractivity contribution < 1.29 is 0 Å². The van der Waals surface area contributed by atoms with E-state index in [9.17, 15) is 0 Å². The third kappa shape index (κ3) is 2.51. The van der Waals surface area contributed by atoms with Crippen molar-refractivity contribution in [1.82, 2.24) is 9.55 Å². The second kappa shape index (κ2) is 6.29. The summed E-state index contributed by atoms with van der Waals surface area (Å²) in [7, 11) is 2.16. The van der Waals surface area contributed by atoms with Crippen molar-refractivity contribution in [2.24, 2.45) is 7.05 Å². The van der Waals surface area contributed by atoms with E-state index in [4.69, 9.17) is 4.98 Å².